The third-order valence-electron chi connectivity index (χ3n) is 3.05. The van der Waals surface area contributed by atoms with E-state index in [1.807, 2.05) is 31.2 Å². The summed E-state index contributed by atoms with van der Waals surface area (Å²) in [5.74, 6) is -0.674. The van der Waals surface area contributed by atoms with Gasteiger partial charge >= 0.3 is 0 Å². The topological polar surface area (TPSA) is 67.2 Å². The molecule has 2 rings (SSSR count). The van der Waals surface area contributed by atoms with Gasteiger partial charge in [-0.05, 0) is 42.4 Å². The Bertz CT molecular complexity index is 722. The number of anilines is 2. The first-order valence-electron chi connectivity index (χ1n) is 6.61. The summed E-state index contributed by atoms with van der Waals surface area (Å²) in [6.45, 7) is 2.02. The summed E-state index contributed by atoms with van der Waals surface area (Å²) < 4.78 is 13.1. The predicted molar refractivity (Wildman–Crippen MR) is 88.7 cm³/mol. The molecule has 2 aromatic carbocycles. The Hall–Kier alpha value is -2.54. The van der Waals surface area contributed by atoms with Gasteiger partial charge in [-0.15, -0.1) is 0 Å². The van der Waals surface area contributed by atoms with Crippen LogP contribution in [-0.4, -0.2) is 10.0 Å². The average molecular weight is 319 g/mol. The molecule has 5 nitrogen and oxygen atoms in total. The number of halogens is 1. The molecule has 114 valence electrons. The molecule has 0 spiro atoms. The highest BCUT2D eigenvalue weighted by Gasteiger charge is 2.16. The van der Waals surface area contributed by atoms with Gasteiger partial charge in [0.15, 0.2) is 5.11 Å². The number of nitro groups is 1. The van der Waals surface area contributed by atoms with Crippen molar-refractivity contribution >= 4 is 34.4 Å². The maximum Gasteiger partial charge on any atom is 0.295 e. The third kappa shape index (κ3) is 3.76. The first kappa shape index (κ1) is 15.8. The minimum atomic E-state index is -0.674. The lowest BCUT2D eigenvalue weighted by Gasteiger charge is -2.13. The number of aryl methyl sites for hydroxylation is 1. The molecule has 0 heterocycles. The van der Waals surface area contributed by atoms with Gasteiger partial charge in [0.25, 0.3) is 5.69 Å². The largest absolute Gasteiger partial charge is 0.332 e. The van der Waals surface area contributed by atoms with Gasteiger partial charge in [0.1, 0.15) is 11.5 Å². The van der Waals surface area contributed by atoms with E-state index >= 15 is 0 Å². The maximum absolute atomic E-state index is 13.1. The SMILES string of the molecule is CCc1ccccc1NC(=S)Nc1ccc(F)cc1[N+](=O)[O-]. The summed E-state index contributed by atoms with van der Waals surface area (Å²) in [5, 5.41) is 16.9. The minimum Gasteiger partial charge on any atom is -0.332 e. The Morgan fingerprint density at radius 3 is 2.59 bits per heavy atom. The number of para-hydroxylation sites is 1. The van der Waals surface area contributed by atoms with E-state index in [2.05, 4.69) is 10.6 Å². The van der Waals surface area contributed by atoms with Gasteiger partial charge in [-0.25, -0.2) is 4.39 Å². The summed E-state index contributed by atoms with van der Waals surface area (Å²) in [6, 6.07) is 10.9. The van der Waals surface area contributed by atoms with E-state index in [0.29, 0.717) is 0 Å². The Balaban J connectivity index is 2.17. The third-order valence-corrected chi connectivity index (χ3v) is 3.26. The lowest BCUT2D eigenvalue weighted by Crippen LogP contribution is -2.20. The average Bonchev–Trinajstić information content (AvgIpc) is 2.49. The minimum absolute atomic E-state index is 0.137. The van der Waals surface area contributed by atoms with Crippen LogP contribution in [0.5, 0.6) is 0 Å². The highest BCUT2D eigenvalue weighted by atomic mass is 32.1. The predicted octanol–water partition coefficient (Wildman–Crippen LogP) is 4.11. The van der Waals surface area contributed by atoms with E-state index in [9.17, 15) is 14.5 Å². The second kappa shape index (κ2) is 6.95. The van der Waals surface area contributed by atoms with Crippen LogP contribution in [0.3, 0.4) is 0 Å². The Morgan fingerprint density at radius 2 is 1.91 bits per heavy atom. The molecule has 22 heavy (non-hydrogen) atoms. The fraction of sp³-hybridized carbons (Fsp3) is 0.133. The fourth-order valence-corrected chi connectivity index (χ4v) is 2.21. The molecule has 0 aromatic heterocycles. The molecular weight excluding hydrogens is 305 g/mol. The van der Waals surface area contributed by atoms with Crippen LogP contribution in [0.4, 0.5) is 21.5 Å². The molecule has 0 fully saturated rings. The van der Waals surface area contributed by atoms with Crippen molar-refractivity contribution in [1.82, 2.24) is 0 Å². The zero-order chi connectivity index (χ0) is 16.1. The number of hydrogen-bond acceptors (Lipinski definition) is 3. The van der Waals surface area contributed by atoms with Crippen molar-refractivity contribution < 1.29 is 9.31 Å². The number of nitrogens with one attached hydrogen (secondary N) is 2. The molecule has 0 aliphatic heterocycles. The van der Waals surface area contributed by atoms with Crippen LogP contribution in [0.15, 0.2) is 42.5 Å². The monoisotopic (exact) mass is 319 g/mol. The molecule has 7 heteroatoms. The van der Waals surface area contributed by atoms with Crippen LogP contribution in [0.2, 0.25) is 0 Å². The summed E-state index contributed by atoms with van der Waals surface area (Å²) >= 11 is 5.17. The van der Waals surface area contributed by atoms with E-state index in [-0.39, 0.29) is 16.5 Å². The smallest absolute Gasteiger partial charge is 0.295 e. The second-order valence-electron chi connectivity index (χ2n) is 4.51. The van der Waals surface area contributed by atoms with Crippen molar-refractivity contribution in [2.45, 2.75) is 13.3 Å². The van der Waals surface area contributed by atoms with Crippen molar-refractivity contribution in [2.75, 3.05) is 10.6 Å². The quantitative estimate of drug-likeness (QED) is 0.504. The van der Waals surface area contributed by atoms with Crippen molar-refractivity contribution in [2.24, 2.45) is 0 Å². The van der Waals surface area contributed by atoms with Gasteiger partial charge in [0.05, 0.1) is 11.0 Å². The van der Waals surface area contributed by atoms with Crippen molar-refractivity contribution in [3.8, 4) is 0 Å². The normalized spacial score (nSPS) is 10.1. The van der Waals surface area contributed by atoms with Crippen LogP contribution in [0, 0.1) is 15.9 Å². The molecule has 2 aromatic rings. The summed E-state index contributed by atoms with van der Waals surface area (Å²) in [5.41, 5.74) is 1.67. The molecule has 0 atom stereocenters. The Labute approximate surface area is 132 Å². The second-order valence-corrected chi connectivity index (χ2v) is 4.92. The molecule has 0 bridgehead atoms. The van der Waals surface area contributed by atoms with E-state index < -0.39 is 10.7 Å². The lowest BCUT2D eigenvalue weighted by molar-refractivity contribution is -0.384. The molecule has 0 unspecified atom stereocenters. The molecule has 0 aliphatic rings. The van der Waals surface area contributed by atoms with Crippen LogP contribution < -0.4 is 10.6 Å². The van der Waals surface area contributed by atoms with Gasteiger partial charge in [-0.1, -0.05) is 25.1 Å². The lowest BCUT2D eigenvalue weighted by atomic mass is 10.1. The van der Waals surface area contributed by atoms with Gasteiger partial charge in [0.2, 0.25) is 0 Å². The number of benzene rings is 2. The number of hydrogen-bond donors (Lipinski definition) is 2. The van der Waals surface area contributed by atoms with Crippen molar-refractivity contribution in [3.05, 3.63) is 64.0 Å². The van der Waals surface area contributed by atoms with Gasteiger partial charge in [-0.2, -0.15) is 0 Å². The van der Waals surface area contributed by atoms with Crippen LogP contribution >= 0.6 is 12.2 Å². The highest BCUT2D eigenvalue weighted by Crippen LogP contribution is 2.25. The number of nitro benzene ring substituents is 1. The molecule has 0 amide bonds. The highest BCUT2D eigenvalue weighted by molar-refractivity contribution is 7.80. The fourth-order valence-electron chi connectivity index (χ4n) is 1.99. The summed E-state index contributed by atoms with van der Waals surface area (Å²) in [4.78, 5) is 10.3. The number of nitrogens with zero attached hydrogens (tertiary/aromatic N) is 1. The first-order chi connectivity index (χ1) is 10.5. The maximum atomic E-state index is 13.1. The molecule has 0 saturated carbocycles. The van der Waals surface area contributed by atoms with E-state index in [4.69, 9.17) is 12.2 Å². The van der Waals surface area contributed by atoms with E-state index in [1.54, 1.807) is 0 Å². The van der Waals surface area contributed by atoms with Gasteiger partial charge in [-0.3, -0.25) is 10.1 Å². The Kier molecular flexibility index (Phi) is 5.00. The number of thiocarbonyl (C=S) groups is 1. The van der Waals surface area contributed by atoms with Crippen LogP contribution in [-0.2, 0) is 6.42 Å². The van der Waals surface area contributed by atoms with Crippen molar-refractivity contribution in [1.29, 1.82) is 0 Å². The molecule has 0 aliphatic carbocycles. The first-order valence-corrected chi connectivity index (χ1v) is 7.02. The molecule has 0 radical (unpaired) electrons. The zero-order valence-electron chi connectivity index (χ0n) is 11.8. The number of rotatable bonds is 4. The van der Waals surface area contributed by atoms with Crippen LogP contribution in [0.25, 0.3) is 0 Å². The van der Waals surface area contributed by atoms with Gasteiger partial charge in [0, 0.05) is 5.69 Å². The van der Waals surface area contributed by atoms with Gasteiger partial charge < -0.3 is 10.6 Å². The summed E-state index contributed by atoms with van der Waals surface area (Å²) in [6.07, 6.45) is 0.822. The standard InChI is InChI=1S/C15H14FN3O2S/c1-2-10-5-3-4-6-12(10)17-15(22)18-13-8-7-11(16)9-14(13)19(20)21/h3-9H,2H2,1H3,(H2,17,18,22). The van der Waals surface area contributed by atoms with Crippen molar-refractivity contribution in [3.63, 3.8) is 0 Å². The summed E-state index contributed by atoms with van der Waals surface area (Å²) in [7, 11) is 0. The van der Waals surface area contributed by atoms with E-state index in [0.717, 1.165) is 29.8 Å². The molecule has 2 N–H and O–H groups in total. The van der Waals surface area contributed by atoms with Crippen LogP contribution in [0.1, 0.15) is 12.5 Å². The molecular formula is C15H14FN3O2S. The zero-order valence-corrected chi connectivity index (χ0v) is 12.6. The molecule has 0 saturated heterocycles. The van der Waals surface area contributed by atoms with E-state index in [1.165, 1.54) is 6.07 Å². The Morgan fingerprint density at radius 1 is 1.23 bits per heavy atom.